The normalized spacial score (nSPS) is 11.8. The van der Waals surface area contributed by atoms with E-state index in [9.17, 15) is 14.5 Å². The molecule has 5 heteroatoms. The van der Waals surface area contributed by atoms with Crippen LogP contribution in [0.3, 0.4) is 0 Å². The molecule has 0 aliphatic rings. The van der Waals surface area contributed by atoms with E-state index in [-0.39, 0.29) is 18.2 Å². The van der Waals surface area contributed by atoms with E-state index in [4.69, 9.17) is 6.42 Å². The summed E-state index contributed by atoms with van der Waals surface area (Å²) in [7, 11) is 0. The van der Waals surface area contributed by atoms with Gasteiger partial charge in [0.2, 0.25) is 5.82 Å². The van der Waals surface area contributed by atoms with Crippen molar-refractivity contribution in [3.63, 3.8) is 0 Å². The van der Waals surface area contributed by atoms with E-state index in [1.54, 1.807) is 0 Å². The van der Waals surface area contributed by atoms with E-state index in [1.807, 2.05) is 6.92 Å². The van der Waals surface area contributed by atoms with Gasteiger partial charge in [0.05, 0.1) is 4.92 Å². The molecule has 1 aromatic carbocycles. The van der Waals surface area contributed by atoms with Crippen molar-refractivity contribution in [2.45, 2.75) is 25.9 Å². The van der Waals surface area contributed by atoms with Crippen LogP contribution in [0, 0.1) is 28.3 Å². The molecule has 0 bridgehead atoms. The number of hydrogen-bond acceptors (Lipinski definition) is 3. The number of nitro benzene ring substituents is 1. The van der Waals surface area contributed by atoms with Crippen LogP contribution in [0.25, 0.3) is 0 Å². The highest BCUT2D eigenvalue weighted by molar-refractivity contribution is 5.36. The molecule has 0 amide bonds. The minimum absolute atomic E-state index is 0.0404. The number of halogens is 1. The first-order valence-electron chi connectivity index (χ1n) is 5.15. The van der Waals surface area contributed by atoms with Crippen molar-refractivity contribution in [2.24, 2.45) is 0 Å². The van der Waals surface area contributed by atoms with E-state index in [2.05, 4.69) is 11.2 Å². The Morgan fingerprint density at radius 1 is 1.65 bits per heavy atom. The third-order valence-electron chi connectivity index (χ3n) is 2.32. The van der Waals surface area contributed by atoms with Crippen molar-refractivity contribution in [1.29, 1.82) is 0 Å². The molecule has 1 rings (SSSR count). The molecule has 0 saturated heterocycles. The molecule has 4 nitrogen and oxygen atoms in total. The van der Waals surface area contributed by atoms with Crippen LogP contribution in [-0.4, -0.2) is 11.0 Å². The van der Waals surface area contributed by atoms with Crippen molar-refractivity contribution in [1.82, 2.24) is 5.32 Å². The first-order chi connectivity index (χ1) is 8.06. The molecule has 1 aromatic rings. The van der Waals surface area contributed by atoms with E-state index < -0.39 is 16.4 Å². The molecule has 90 valence electrons. The Balaban J connectivity index is 2.76. The van der Waals surface area contributed by atoms with Crippen molar-refractivity contribution in [3.05, 3.63) is 39.7 Å². The summed E-state index contributed by atoms with van der Waals surface area (Å²) in [6.07, 6.45) is 5.66. The fourth-order valence-corrected chi connectivity index (χ4v) is 1.38. The van der Waals surface area contributed by atoms with Crippen LogP contribution in [0.4, 0.5) is 10.1 Å². The fourth-order valence-electron chi connectivity index (χ4n) is 1.38. The van der Waals surface area contributed by atoms with E-state index in [0.29, 0.717) is 6.42 Å². The summed E-state index contributed by atoms with van der Waals surface area (Å²) in [5, 5.41) is 13.5. The van der Waals surface area contributed by atoms with Gasteiger partial charge < -0.3 is 5.32 Å². The number of terminal acetylenes is 1. The highest BCUT2D eigenvalue weighted by atomic mass is 19.1. The molecule has 0 spiro atoms. The number of nitrogens with zero attached hydrogens (tertiary/aromatic N) is 1. The zero-order chi connectivity index (χ0) is 12.8. The monoisotopic (exact) mass is 236 g/mol. The standard InChI is InChI=1S/C12H13FN2O2/c1-3-5-9(2)14-8-10-6-4-7-11(12(10)13)15(16)17/h1,4,6-7,9,14H,5,8H2,2H3. The average molecular weight is 236 g/mol. The molecule has 1 unspecified atom stereocenters. The molecule has 0 aromatic heterocycles. The maximum atomic E-state index is 13.6. The Hall–Kier alpha value is -1.93. The van der Waals surface area contributed by atoms with Gasteiger partial charge in [-0.2, -0.15) is 4.39 Å². The third kappa shape index (κ3) is 3.54. The minimum atomic E-state index is -0.794. The highest BCUT2D eigenvalue weighted by Gasteiger charge is 2.16. The highest BCUT2D eigenvalue weighted by Crippen LogP contribution is 2.19. The summed E-state index contributed by atoms with van der Waals surface area (Å²) in [4.78, 5) is 9.80. The van der Waals surface area contributed by atoms with Crippen LogP contribution in [0.5, 0.6) is 0 Å². The van der Waals surface area contributed by atoms with E-state index >= 15 is 0 Å². The first kappa shape index (κ1) is 13.1. The van der Waals surface area contributed by atoms with Gasteiger partial charge in [-0.3, -0.25) is 10.1 Å². The Bertz CT molecular complexity index is 454. The molecule has 0 radical (unpaired) electrons. The lowest BCUT2D eigenvalue weighted by molar-refractivity contribution is -0.387. The maximum Gasteiger partial charge on any atom is 0.305 e. The van der Waals surface area contributed by atoms with Crippen LogP contribution in [0.15, 0.2) is 18.2 Å². The number of nitrogens with one attached hydrogen (secondary N) is 1. The van der Waals surface area contributed by atoms with Crippen LogP contribution in [-0.2, 0) is 6.54 Å². The SMILES string of the molecule is C#CCC(C)NCc1cccc([N+](=O)[O-])c1F. The van der Waals surface area contributed by atoms with E-state index in [0.717, 1.165) is 6.07 Å². The van der Waals surface area contributed by atoms with Gasteiger partial charge in [-0.15, -0.1) is 12.3 Å². The van der Waals surface area contributed by atoms with Gasteiger partial charge in [0.25, 0.3) is 0 Å². The van der Waals surface area contributed by atoms with Crippen LogP contribution in [0.2, 0.25) is 0 Å². The van der Waals surface area contributed by atoms with E-state index in [1.165, 1.54) is 12.1 Å². The smallest absolute Gasteiger partial charge is 0.305 e. The number of rotatable bonds is 5. The molecule has 17 heavy (non-hydrogen) atoms. The molecule has 0 saturated carbocycles. The van der Waals surface area contributed by atoms with Gasteiger partial charge in [0.1, 0.15) is 0 Å². The average Bonchev–Trinajstić information content (AvgIpc) is 2.27. The van der Waals surface area contributed by atoms with Crippen molar-refractivity contribution in [3.8, 4) is 12.3 Å². The number of nitro groups is 1. The molecule has 0 fully saturated rings. The van der Waals surface area contributed by atoms with Crippen LogP contribution >= 0.6 is 0 Å². The Kier molecular flexibility index (Phi) is 4.61. The minimum Gasteiger partial charge on any atom is -0.309 e. The molecular formula is C12H13FN2O2. The second kappa shape index (κ2) is 5.97. The van der Waals surface area contributed by atoms with Crippen molar-refractivity contribution < 1.29 is 9.31 Å². The largest absolute Gasteiger partial charge is 0.309 e. The molecule has 0 heterocycles. The first-order valence-corrected chi connectivity index (χ1v) is 5.15. The summed E-state index contributed by atoms with van der Waals surface area (Å²) in [6.45, 7) is 2.09. The van der Waals surface area contributed by atoms with Gasteiger partial charge in [-0.05, 0) is 6.92 Å². The lowest BCUT2D eigenvalue weighted by atomic mass is 10.1. The summed E-state index contributed by atoms with van der Waals surface area (Å²) in [5.74, 6) is 1.69. The lowest BCUT2D eigenvalue weighted by Crippen LogP contribution is -2.25. The van der Waals surface area contributed by atoms with Gasteiger partial charge in [-0.1, -0.05) is 12.1 Å². The molecule has 0 aliphatic heterocycles. The molecule has 0 aliphatic carbocycles. The molecular weight excluding hydrogens is 223 g/mol. The lowest BCUT2D eigenvalue weighted by Gasteiger charge is -2.11. The third-order valence-corrected chi connectivity index (χ3v) is 2.32. The zero-order valence-electron chi connectivity index (χ0n) is 9.44. The second-order valence-electron chi connectivity index (χ2n) is 3.70. The van der Waals surface area contributed by atoms with Gasteiger partial charge >= 0.3 is 5.69 Å². The van der Waals surface area contributed by atoms with Gasteiger partial charge in [0, 0.05) is 30.6 Å². The van der Waals surface area contributed by atoms with Crippen molar-refractivity contribution >= 4 is 5.69 Å². The second-order valence-corrected chi connectivity index (χ2v) is 3.70. The zero-order valence-corrected chi connectivity index (χ0v) is 9.44. The number of benzene rings is 1. The predicted molar refractivity (Wildman–Crippen MR) is 62.8 cm³/mol. The molecule has 1 atom stereocenters. The molecule has 1 N–H and O–H groups in total. The van der Waals surface area contributed by atoms with Gasteiger partial charge in [-0.25, -0.2) is 0 Å². The quantitative estimate of drug-likeness (QED) is 0.484. The Morgan fingerprint density at radius 2 is 2.35 bits per heavy atom. The number of hydrogen-bond donors (Lipinski definition) is 1. The van der Waals surface area contributed by atoms with Crippen LogP contribution < -0.4 is 5.32 Å². The Labute approximate surface area is 99.0 Å². The Morgan fingerprint density at radius 3 is 2.94 bits per heavy atom. The predicted octanol–water partition coefficient (Wildman–Crippen LogP) is 2.24. The summed E-state index contributed by atoms with van der Waals surface area (Å²) in [5.41, 5.74) is -0.239. The summed E-state index contributed by atoms with van der Waals surface area (Å²) in [6, 6.07) is 4.16. The van der Waals surface area contributed by atoms with Crippen molar-refractivity contribution in [2.75, 3.05) is 0 Å². The summed E-state index contributed by atoms with van der Waals surface area (Å²) >= 11 is 0. The fraction of sp³-hybridized carbons (Fsp3) is 0.333. The van der Waals surface area contributed by atoms with Crippen LogP contribution in [0.1, 0.15) is 18.9 Å². The van der Waals surface area contributed by atoms with Gasteiger partial charge in [0.15, 0.2) is 0 Å². The maximum absolute atomic E-state index is 13.6. The topological polar surface area (TPSA) is 55.2 Å². The summed E-state index contributed by atoms with van der Waals surface area (Å²) < 4.78 is 13.6.